The van der Waals surface area contributed by atoms with Gasteiger partial charge in [0.2, 0.25) is 10.0 Å². The fourth-order valence-corrected chi connectivity index (χ4v) is 4.66. The van der Waals surface area contributed by atoms with Gasteiger partial charge in [0.25, 0.3) is 0 Å². The van der Waals surface area contributed by atoms with Gasteiger partial charge < -0.3 is 14.7 Å². The zero-order valence-corrected chi connectivity index (χ0v) is 17.2. The summed E-state index contributed by atoms with van der Waals surface area (Å²) in [5, 5.41) is 9.57. The summed E-state index contributed by atoms with van der Waals surface area (Å²) in [4.78, 5) is 22.1. The second-order valence-corrected chi connectivity index (χ2v) is 8.93. The molecule has 3 rings (SSSR count). The number of aromatic nitrogens is 2. The van der Waals surface area contributed by atoms with E-state index in [1.165, 1.54) is 24.5 Å². The molecule has 0 aliphatic carbocycles. The fraction of sp³-hybridized carbons (Fsp3) is 0.421. The van der Waals surface area contributed by atoms with Crippen LogP contribution in [0.5, 0.6) is 5.75 Å². The number of hydrogen-bond donors (Lipinski definition) is 1. The molecule has 0 saturated heterocycles. The summed E-state index contributed by atoms with van der Waals surface area (Å²) >= 11 is 0. The van der Waals surface area contributed by atoms with E-state index in [9.17, 15) is 18.3 Å². The number of aliphatic carboxylic acids is 1. The average Bonchev–Trinajstić information content (AvgIpc) is 2.70. The summed E-state index contributed by atoms with van der Waals surface area (Å²) in [6.45, 7) is 1.28. The number of carboxylic acid groups (broad SMARTS) is 1. The summed E-state index contributed by atoms with van der Waals surface area (Å²) in [5.41, 5.74) is 0.974. The van der Waals surface area contributed by atoms with Gasteiger partial charge >= 0.3 is 5.97 Å². The molecule has 1 N–H and O–H groups in total. The van der Waals surface area contributed by atoms with Crippen molar-refractivity contribution in [1.29, 1.82) is 0 Å². The van der Waals surface area contributed by atoms with Gasteiger partial charge in [-0.2, -0.15) is 4.31 Å². The van der Waals surface area contributed by atoms with Crippen LogP contribution in [0.2, 0.25) is 0 Å². The molecule has 2 aromatic rings. The van der Waals surface area contributed by atoms with Gasteiger partial charge in [0.1, 0.15) is 11.8 Å². The number of benzene rings is 1. The Morgan fingerprint density at radius 2 is 1.86 bits per heavy atom. The van der Waals surface area contributed by atoms with Crippen molar-refractivity contribution in [1.82, 2.24) is 19.2 Å². The highest BCUT2D eigenvalue weighted by Gasteiger charge is 2.40. The normalized spacial score (nSPS) is 17.1. The highest BCUT2D eigenvalue weighted by atomic mass is 32.2. The van der Waals surface area contributed by atoms with Crippen molar-refractivity contribution in [3.8, 4) is 5.75 Å². The Bertz CT molecular complexity index is 963. The lowest BCUT2D eigenvalue weighted by molar-refractivity contribution is -0.141. The first-order valence-corrected chi connectivity index (χ1v) is 10.6. The molecule has 9 nitrogen and oxygen atoms in total. The standard InChI is InChI=1S/C19H24N4O5S/c1-22(2)10-3-11-28-14-4-6-15(7-5-14)29(26,27)23-13-17-16(20-8-9-21-17)12-18(23)19(24)25/h4-9,18H,3,10-13H2,1-2H3,(H,24,25)/t18-/m1/s1. The first-order valence-electron chi connectivity index (χ1n) is 9.20. The van der Waals surface area contributed by atoms with Crippen molar-refractivity contribution in [2.24, 2.45) is 0 Å². The molecule has 0 bridgehead atoms. The van der Waals surface area contributed by atoms with Crippen LogP contribution in [0.1, 0.15) is 17.8 Å². The van der Waals surface area contributed by atoms with Crippen LogP contribution >= 0.6 is 0 Å². The highest BCUT2D eigenvalue weighted by molar-refractivity contribution is 7.89. The number of carbonyl (C=O) groups is 1. The molecule has 1 atom stereocenters. The monoisotopic (exact) mass is 420 g/mol. The van der Waals surface area contributed by atoms with Gasteiger partial charge in [0.05, 0.1) is 29.4 Å². The Labute approximate surface area is 170 Å². The molecule has 1 aromatic heterocycles. The molecule has 10 heteroatoms. The molecule has 0 unspecified atom stereocenters. The predicted octanol–water partition coefficient (Wildman–Crippen LogP) is 1.01. The van der Waals surface area contributed by atoms with Gasteiger partial charge in [-0.1, -0.05) is 0 Å². The summed E-state index contributed by atoms with van der Waals surface area (Å²) in [5.74, 6) is -0.655. The Hall–Kier alpha value is -2.56. The predicted molar refractivity (Wildman–Crippen MR) is 105 cm³/mol. The number of sulfonamides is 1. The van der Waals surface area contributed by atoms with Crippen LogP contribution in [0, 0.1) is 0 Å². The first kappa shape index (κ1) is 21.2. The van der Waals surface area contributed by atoms with Crippen LogP contribution in [-0.2, 0) is 27.8 Å². The van der Waals surface area contributed by atoms with Gasteiger partial charge in [0.15, 0.2) is 0 Å². The number of carboxylic acids is 1. The molecule has 29 heavy (non-hydrogen) atoms. The third-order valence-electron chi connectivity index (χ3n) is 4.63. The third kappa shape index (κ3) is 4.89. The topological polar surface area (TPSA) is 113 Å². The SMILES string of the molecule is CN(C)CCCOc1ccc(S(=O)(=O)N2Cc3nccnc3C[C@@H]2C(=O)O)cc1. The molecule has 1 aliphatic heterocycles. The van der Waals surface area contributed by atoms with Crippen LogP contribution in [0.25, 0.3) is 0 Å². The van der Waals surface area contributed by atoms with Gasteiger partial charge in [0, 0.05) is 25.4 Å². The molecular formula is C19H24N4O5S. The van der Waals surface area contributed by atoms with Crippen LogP contribution in [-0.4, -0.2) is 72.0 Å². The van der Waals surface area contributed by atoms with Crippen molar-refractivity contribution in [3.05, 3.63) is 48.0 Å². The minimum absolute atomic E-state index is 0.0109. The Kier molecular flexibility index (Phi) is 6.46. The van der Waals surface area contributed by atoms with E-state index in [2.05, 4.69) is 14.9 Å². The summed E-state index contributed by atoms with van der Waals surface area (Å²) in [6.07, 6.45) is 3.76. The quantitative estimate of drug-likeness (QED) is 0.630. The molecule has 2 heterocycles. The Morgan fingerprint density at radius 3 is 2.48 bits per heavy atom. The van der Waals surface area contributed by atoms with Gasteiger partial charge in [-0.3, -0.25) is 14.8 Å². The molecule has 0 fully saturated rings. The number of fused-ring (bicyclic) bond motifs is 1. The maximum absolute atomic E-state index is 13.1. The fourth-order valence-electron chi connectivity index (χ4n) is 3.12. The zero-order valence-electron chi connectivity index (χ0n) is 16.4. The molecule has 0 spiro atoms. The van der Waals surface area contributed by atoms with Crippen LogP contribution in [0.3, 0.4) is 0 Å². The molecule has 1 aliphatic rings. The average molecular weight is 420 g/mol. The first-order chi connectivity index (χ1) is 13.8. The summed E-state index contributed by atoms with van der Waals surface area (Å²) in [6, 6.07) is 4.79. The van der Waals surface area contributed by atoms with Crippen molar-refractivity contribution in [2.75, 3.05) is 27.2 Å². The largest absolute Gasteiger partial charge is 0.494 e. The van der Waals surface area contributed by atoms with Crippen LogP contribution in [0.15, 0.2) is 41.6 Å². The van der Waals surface area contributed by atoms with E-state index >= 15 is 0 Å². The van der Waals surface area contributed by atoms with Crippen molar-refractivity contribution < 1.29 is 23.1 Å². The molecule has 156 valence electrons. The summed E-state index contributed by atoms with van der Waals surface area (Å²) < 4.78 is 32.9. The molecule has 0 amide bonds. The maximum Gasteiger partial charge on any atom is 0.322 e. The second-order valence-electron chi connectivity index (χ2n) is 7.03. The van der Waals surface area contributed by atoms with Crippen molar-refractivity contribution >= 4 is 16.0 Å². The number of nitrogens with zero attached hydrogens (tertiary/aromatic N) is 4. The second kappa shape index (κ2) is 8.85. The number of ether oxygens (including phenoxy) is 1. The van der Waals surface area contributed by atoms with E-state index in [4.69, 9.17) is 4.74 Å². The van der Waals surface area contributed by atoms with Crippen molar-refractivity contribution in [2.45, 2.75) is 30.3 Å². The van der Waals surface area contributed by atoms with E-state index < -0.39 is 22.0 Å². The van der Waals surface area contributed by atoms with E-state index in [-0.39, 0.29) is 17.9 Å². The molecule has 1 aromatic carbocycles. The Morgan fingerprint density at radius 1 is 1.21 bits per heavy atom. The Balaban J connectivity index is 1.77. The smallest absolute Gasteiger partial charge is 0.322 e. The van der Waals surface area contributed by atoms with Crippen molar-refractivity contribution in [3.63, 3.8) is 0 Å². The minimum atomic E-state index is -4.03. The molecule has 0 radical (unpaired) electrons. The molecular weight excluding hydrogens is 396 g/mol. The van der Waals surface area contributed by atoms with E-state index in [1.807, 2.05) is 14.1 Å². The lowest BCUT2D eigenvalue weighted by atomic mass is 10.1. The lowest BCUT2D eigenvalue weighted by Crippen LogP contribution is -2.49. The van der Waals surface area contributed by atoms with E-state index in [1.54, 1.807) is 12.1 Å². The van der Waals surface area contributed by atoms with E-state index in [0.717, 1.165) is 17.3 Å². The highest BCUT2D eigenvalue weighted by Crippen LogP contribution is 2.28. The maximum atomic E-state index is 13.1. The van der Waals surface area contributed by atoms with Crippen LogP contribution < -0.4 is 4.74 Å². The van der Waals surface area contributed by atoms with Gasteiger partial charge in [-0.15, -0.1) is 0 Å². The van der Waals surface area contributed by atoms with Crippen LogP contribution in [0.4, 0.5) is 0 Å². The minimum Gasteiger partial charge on any atom is -0.494 e. The zero-order chi connectivity index (χ0) is 21.0. The lowest BCUT2D eigenvalue weighted by Gasteiger charge is -2.32. The van der Waals surface area contributed by atoms with Gasteiger partial charge in [-0.05, 0) is 44.8 Å². The number of hydrogen-bond acceptors (Lipinski definition) is 7. The summed E-state index contributed by atoms with van der Waals surface area (Å²) in [7, 11) is -0.0681. The molecule has 0 saturated carbocycles. The van der Waals surface area contributed by atoms with Gasteiger partial charge in [-0.25, -0.2) is 8.42 Å². The van der Waals surface area contributed by atoms with E-state index in [0.29, 0.717) is 23.7 Å². The number of rotatable bonds is 8. The third-order valence-corrected chi connectivity index (χ3v) is 6.50.